The minimum atomic E-state index is -3.64. The Hall–Kier alpha value is -0.920. The quantitative estimate of drug-likeness (QED) is 0.775. The van der Waals surface area contributed by atoms with Crippen molar-refractivity contribution in [2.24, 2.45) is 0 Å². The molecule has 7 heteroatoms. The lowest BCUT2D eigenvalue weighted by molar-refractivity contribution is 0.584. The number of nitrogens with one attached hydrogen (secondary N) is 1. The van der Waals surface area contributed by atoms with E-state index in [0.29, 0.717) is 0 Å². The van der Waals surface area contributed by atoms with E-state index in [4.69, 9.17) is 5.73 Å². The van der Waals surface area contributed by atoms with Crippen LogP contribution in [0.25, 0.3) is 0 Å². The van der Waals surface area contributed by atoms with E-state index in [1.165, 1.54) is 6.26 Å². The van der Waals surface area contributed by atoms with Crippen LogP contribution in [0, 0.1) is 13.8 Å². The van der Waals surface area contributed by atoms with Crippen LogP contribution < -0.4 is 10.5 Å². The molecule has 0 radical (unpaired) electrons. The Morgan fingerprint density at radius 2 is 1.83 bits per heavy atom. The van der Waals surface area contributed by atoms with Crippen LogP contribution in [0.1, 0.15) is 11.1 Å². The second kappa shape index (κ2) is 5.81. The van der Waals surface area contributed by atoms with Gasteiger partial charge in [0.05, 0.1) is 5.69 Å². The van der Waals surface area contributed by atoms with Crippen LogP contribution in [0.4, 0.5) is 5.69 Å². The van der Waals surface area contributed by atoms with Crippen molar-refractivity contribution in [2.75, 3.05) is 24.3 Å². The predicted octanol–water partition coefficient (Wildman–Crippen LogP) is 0.542. The number of nitrogens with two attached hydrogens (primary N) is 1. The summed E-state index contributed by atoms with van der Waals surface area (Å²) in [6, 6.07) is 3.19. The zero-order valence-corrected chi connectivity index (χ0v) is 12.3. The van der Waals surface area contributed by atoms with Crippen molar-refractivity contribution < 1.29 is 12.6 Å². The molecule has 1 atom stereocenters. The Morgan fingerprint density at radius 3 is 2.39 bits per heavy atom. The highest BCUT2D eigenvalue weighted by molar-refractivity contribution is 7.89. The molecule has 1 rings (SSSR count). The fourth-order valence-corrected chi connectivity index (χ4v) is 3.19. The largest absolute Gasteiger partial charge is 0.398 e. The second-order valence-corrected chi connectivity index (χ2v) is 7.44. The Kier molecular flexibility index (Phi) is 4.89. The van der Waals surface area contributed by atoms with E-state index in [9.17, 15) is 12.6 Å². The summed E-state index contributed by atoms with van der Waals surface area (Å²) >= 11 is 0. The summed E-state index contributed by atoms with van der Waals surface area (Å²) in [6.07, 6.45) is 1.53. The molecular weight excluding hydrogens is 272 g/mol. The molecule has 3 N–H and O–H groups in total. The maximum absolute atomic E-state index is 12.0. The summed E-state index contributed by atoms with van der Waals surface area (Å²) in [5, 5.41) is 0. The van der Waals surface area contributed by atoms with Crippen molar-refractivity contribution >= 4 is 26.5 Å². The number of benzene rings is 1. The maximum Gasteiger partial charge on any atom is 0.242 e. The maximum atomic E-state index is 12.0. The minimum Gasteiger partial charge on any atom is -0.398 e. The molecule has 0 aromatic heterocycles. The molecule has 0 spiro atoms. The fourth-order valence-electron chi connectivity index (χ4n) is 1.44. The second-order valence-electron chi connectivity index (χ2n) is 4.15. The first-order chi connectivity index (χ1) is 8.24. The van der Waals surface area contributed by atoms with E-state index in [0.717, 1.165) is 11.1 Å². The van der Waals surface area contributed by atoms with Crippen molar-refractivity contribution in [3.05, 3.63) is 23.3 Å². The van der Waals surface area contributed by atoms with E-state index < -0.39 is 20.8 Å². The van der Waals surface area contributed by atoms with Crippen LogP contribution in [0.15, 0.2) is 17.0 Å². The van der Waals surface area contributed by atoms with Gasteiger partial charge in [-0.3, -0.25) is 4.21 Å². The summed E-state index contributed by atoms with van der Waals surface area (Å²) in [4.78, 5) is 0.0764. The molecule has 0 aliphatic carbocycles. The highest BCUT2D eigenvalue weighted by atomic mass is 32.2. The number of hydrogen-bond donors (Lipinski definition) is 2. The van der Waals surface area contributed by atoms with Crippen molar-refractivity contribution in [2.45, 2.75) is 18.7 Å². The average Bonchev–Trinajstić information content (AvgIpc) is 2.22. The molecule has 0 saturated heterocycles. The number of nitrogen functional groups attached to an aromatic ring is 1. The number of sulfonamides is 1. The molecule has 1 aromatic rings. The van der Waals surface area contributed by atoms with Gasteiger partial charge in [0.1, 0.15) is 4.90 Å². The Balaban J connectivity index is 2.98. The first kappa shape index (κ1) is 15.1. The third-order valence-corrected chi connectivity index (χ3v) is 4.89. The Morgan fingerprint density at radius 1 is 1.28 bits per heavy atom. The molecule has 0 bridgehead atoms. The molecule has 0 aliphatic heterocycles. The number of aryl methyl sites for hydroxylation is 2. The van der Waals surface area contributed by atoms with Crippen molar-refractivity contribution in [1.82, 2.24) is 4.72 Å². The van der Waals surface area contributed by atoms with Gasteiger partial charge in [-0.2, -0.15) is 0 Å². The zero-order chi connectivity index (χ0) is 13.9. The van der Waals surface area contributed by atoms with E-state index in [-0.39, 0.29) is 22.9 Å². The lowest BCUT2D eigenvalue weighted by Gasteiger charge is -2.11. The van der Waals surface area contributed by atoms with Crippen molar-refractivity contribution in [3.8, 4) is 0 Å². The number of anilines is 1. The number of rotatable bonds is 5. The van der Waals surface area contributed by atoms with Crippen LogP contribution in [-0.2, 0) is 20.8 Å². The van der Waals surface area contributed by atoms with Crippen LogP contribution in [0.2, 0.25) is 0 Å². The van der Waals surface area contributed by atoms with Gasteiger partial charge in [-0.15, -0.1) is 0 Å². The first-order valence-electron chi connectivity index (χ1n) is 5.40. The van der Waals surface area contributed by atoms with E-state index in [2.05, 4.69) is 4.72 Å². The summed E-state index contributed by atoms with van der Waals surface area (Å²) in [6.45, 7) is 3.84. The zero-order valence-electron chi connectivity index (χ0n) is 10.7. The Labute approximate surface area is 110 Å². The highest BCUT2D eigenvalue weighted by Gasteiger charge is 2.17. The summed E-state index contributed by atoms with van der Waals surface area (Å²) < 4.78 is 37.3. The first-order valence-corrected chi connectivity index (χ1v) is 8.61. The monoisotopic (exact) mass is 290 g/mol. The molecule has 0 heterocycles. The molecule has 18 heavy (non-hydrogen) atoms. The van der Waals surface area contributed by atoms with Gasteiger partial charge < -0.3 is 5.73 Å². The summed E-state index contributed by atoms with van der Waals surface area (Å²) in [5.41, 5.74) is 7.76. The van der Waals surface area contributed by atoms with Gasteiger partial charge in [0.2, 0.25) is 10.0 Å². The van der Waals surface area contributed by atoms with E-state index in [1.54, 1.807) is 12.1 Å². The summed E-state index contributed by atoms with van der Waals surface area (Å²) in [7, 11) is -4.66. The highest BCUT2D eigenvalue weighted by Crippen LogP contribution is 2.22. The third-order valence-electron chi connectivity index (χ3n) is 2.60. The van der Waals surface area contributed by atoms with Crippen molar-refractivity contribution in [3.63, 3.8) is 0 Å². The summed E-state index contributed by atoms with van der Waals surface area (Å²) in [5.74, 6) is 0.282. The van der Waals surface area contributed by atoms with Crippen LogP contribution in [0.5, 0.6) is 0 Å². The van der Waals surface area contributed by atoms with Crippen LogP contribution in [0.3, 0.4) is 0 Å². The van der Waals surface area contributed by atoms with Gasteiger partial charge in [-0.1, -0.05) is 0 Å². The van der Waals surface area contributed by atoms with Crippen LogP contribution in [-0.4, -0.2) is 31.2 Å². The number of hydrogen-bond acceptors (Lipinski definition) is 4. The standard InChI is InChI=1S/C11H18N2O3S2/c1-8-6-10(12)11(7-9(8)2)18(15,16)13-4-5-17(3)14/h6-7,13H,4-5,12H2,1-3H3. The topological polar surface area (TPSA) is 89.3 Å². The molecule has 0 fully saturated rings. The SMILES string of the molecule is Cc1cc(N)c(S(=O)(=O)NCCS(C)=O)cc1C. The molecule has 5 nitrogen and oxygen atoms in total. The smallest absolute Gasteiger partial charge is 0.242 e. The minimum absolute atomic E-state index is 0.0764. The van der Waals surface area contributed by atoms with Gasteiger partial charge in [0.25, 0.3) is 0 Å². The molecule has 1 unspecified atom stereocenters. The average molecular weight is 290 g/mol. The fraction of sp³-hybridized carbons (Fsp3) is 0.455. The van der Waals surface area contributed by atoms with Crippen LogP contribution >= 0.6 is 0 Å². The molecular formula is C11H18N2O3S2. The van der Waals surface area contributed by atoms with E-state index in [1.807, 2.05) is 13.8 Å². The molecule has 0 amide bonds. The molecule has 0 aliphatic rings. The third kappa shape index (κ3) is 3.79. The van der Waals surface area contributed by atoms with Gasteiger partial charge in [-0.25, -0.2) is 13.1 Å². The van der Waals surface area contributed by atoms with Gasteiger partial charge >= 0.3 is 0 Å². The van der Waals surface area contributed by atoms with Crippen molar-refractivity contribution in [1.29, 1.82) is 0 Å². The molecule has 0 saturated carbocycles. The predicted molar refractivity (Wildman–Crippen MR) is 74.5 cm³/mol. The lowest BCUT2D eigenvalue weighted by atomic mass is 10.1. The van der Waals surface area contributed by atoms with E-state index >= 15 is 0 Å². The van der Waals surface area contributed by atoms with Gasteiger partial charge in [0.15, 0.2) is 0 Å². The molecule has 1 aromatic carbocycles. The van der Waals surface area contributed by atoms with Gasteiger partial charge in [-0.05, 0) is 37.1 Å². The lowest BCUT2D eigenvalue weighted by Crippen LogP contribution is -2.28. The molecule has 102 valence electrons. The Bertz CT molecular complexity index is 568. The van der Waals surface area contributed by atoms with Gasteiger partial charge in [0, 0.05) is 29.4 Å². The normalized spacial score (nSPS) is 13.5.